The Labute approximate surface area is 126 Å². The molecule has 5 nitrogen and oxygen atoms in total. The van der Waals surface area contributed by atoms with E-state index in [1.807, 2.05) is 0 Å². The van der Waals surface area contributed by atoms with E-state index < -0.39 is 0 Å². The van der Waals surface area contributed by atoms with E-state index in [2.05, 4.69) is 5.10 Å². The van der Waals surface area contributed by atoms with Crippen LogP contribution in [-0.2, 0) is 6.67 Å². The van der Waals surface area contributed by atoms with Crippen LogP contribution in [0.3, 0.4) is 0 Å². The molecule has 1 fully saturated rings. The number of nitrogens with one attached hydrogen (secondary N) is 1. The number of benzene rings is 1. The molecule has 7 heteroatoms. The van der Waals surface area contributed by atoms with Gasteiger partial charge in [-0.3, -0.25) is 0 Å². The summed E-state index contributed by atoms with van der Waals surface area (Å²) in [7, 11) is 0. The van der Waals surface area contributed by atoms with Crippen LogP contribution in [0.4, 0.5) is 4.39 Å². The highest BCUT2D eigenvalue weighted by atomic mass is 32.1. The summed E-state index contributed by atoms with van der Waals surface area (Å²) in [5, 5.41) is 14.0. The van der Waals surface area contributed by atoms with E-state index in [4.69, 9.17) is 16.6 Å². The lowest BCUT2D eigenvalue weighted by atomic mass is 10.1. The molecule has 2 heterocycles. The lowest BCUT2D eigenvalue weighted by Crippen LogP contribution is -3.13. The maximum absolute atomic E-state index is 13.7. The molecule has 0 saturated carbocycles. The van der Waals surface area contributed by atoms with Crippen molar-refractivity contribution >= 4 is 12.2 Å². The number of piperidine rings is 1. The van der Waals surface area contributed by atoms with E-state index in [1.54, 1.807) is 22.9 Å². The smallest absolute Gasteiger partial charge is 0.292 e. The van der Waals surface area contributed by atoms with Gasteiger partial charge in [0.1, 0.15) is 18.5 Å². The highest BCUT2D eigenvalue weighted by Crippen LogP contribution is 2.20. The molecule has 112 valence electrons. The van der Waals surface area contributed by atoms with Crippen LogP contribution in [0, 0.1) is 10.7 Å². The maximum Gasteiger partial charge on any atom is 0.292 e. The van der Waals surface area contributed by atoms with Gasteiger partial charge in [0.2, 0.25) is 5.89 Å². The molecule has 1 aromatic carbocycles. The Bertz CT molecular complexity index is 685. The first-order valence-electron chi connectivity index (χ1n) is 6.98. The summed E-state index contributed by atoms with van der Waals surface area (Å²) in [4.78, 5) is 1.42. The minimum absolute atomic E-state index is 0.190. The van der Waals surface area contributed by atoms with Gasteiger partial charge in [0.05, 0.1) is 12.1 Å². The molecule has 0 spiro atoms. The van der Waals surface area contributed by atoms with Gasteiger partial charge in [-0.1, -0.05) is 12.1 Å². The van der Waals surface area contributed by atoms with Crippen molar-refractivity contribution in [1.82, 2.24) is 9.78 Å². The van der Waals surface area contributed by atoms with Gasteiger partial charge < -0.3 is 14.4 Å². The van der Waals surface area contributed by atoms with Gasteiger partial charge in [-0.25, -0.2) is 4.39 Å². The zero-order valence-corrected chi connectivity index (χ0v) is 12.3. The fourth-order valence-electron chi connectivity index (χ4n) is 2.63. The van der Waals surface area contributed by atoms with Crippen LogP contribution >= 0.6 is 12.2 Å². The van der Waals surface area contributed by atoms with Crippen LogP contribution < -0.4 is 4.90 Å². The molecule has 3 rings (SSSR count). The van der Waals surface area contributed by atoms with Gasteiger partial charge in [-0.2, -0.15) is 4.68 Å². The summed E-state index contributed by atoms with van der Waals surface area (Å²) in [6, 6.07) is 6.31. The molecule has 0 bridgehead atoms. The van der Waals surface area contributed by atoms with Crippen molar-refractivity contribution in [2.45, 2.75) is 25.6 Å². The average Bonchev–Trinajstić information content (AvgIpc) is 2.80. The van der Waals surface area contributed by atoms with Crippen molar-refractivity contribution in [2.75, 3.05) is 13.1 Å². The quantitative estimate of drug-likeness (QED) is 0.831. The number of quaternary nitrogens is 1. The van der Waals surface area contributed by atoms with E-state index in [9.17, 15) is 9.50 Å². The molecule has 1 aliphatic heterocycles. The summed E-state index contributed by atoms with van der Waals surface area (Å²) in [5.74, 6) is -0.198. The fourth-order valence-corrected chi connectivity index (χ4v) is 2.81. The monoisotopic (exact) mass is 310 g/mol. The fraction of sp³-hybridized carbons (Fsp3) is 0.429. The van der Waals surface area contributed by atoms with Crippen LogP contribution in [0.25, 0.3) is 11.5 Å². The number of aliphatic hydroxyl groups is 1. The topological polar surface area (TPSA) is 55.6 Å². The summed E-state index contributed by atoms with van der Waals surface area (Å²) < 4.78 is 20.7. The van der Waals surface area contributed by atoms with E-state index in [0.717, 1.165) is 19.4 Å². The molecule has 1 aromatic heterocycles. The lowest BCUT2D eigenvalue weighted by Gasteiger charge is -2.26. The number of likely N-dealkylation sites (tertiary alicyclic amines) is 1. The first-order chi connectivity index (χ1) is 10.1. The molecule has 1 unspecified atom stereocenters. The molecule has 2 aromatic rings. The average molecular weight is 310 g/mol. The van der Waals surface area contributed by atoms with Crippen molar-refractivity contribution in [3.63, 3.8) is 0 Å². The van der Waals surface area contributed by atoms with Gasteiger partial charge in [0.25, 0.3) is 4.84 Å². The molecule has 1 saturated heterocycles. The summed E-state index contributed by atoms with van der Waals surface area (Å²) in [6.45, 7) is 2.15. The number of nitrogens with zero attached hydrogens (tertiary/aromatic N) is 2. The second-order valence-electron chi connectivity index (χ2n) is 5.31. The number of aromatic nitrogens is 2. The Kier molecular flexibility index (Phi) is 4.14. The minimum Gasteiger partial charge on any atom is -0.409 e. The van der Waals surface area contributed by atoms with Crippen molar-refractivity contribution in [3.8, 4) is 11.5 Å². The van der Waals surface area contributed by atoms with Gasteiger partial charge in [0, 0.05) is 0 Å². The first-order valence-corrected chi connectivity index (χ1v) is 7.39. The predicted molar refractivity (Wildman–Crippen MR) is 76.7 cm³/mol. The molecule has 2 atom stereocenters. The minimum atomic E-state index is -0.387. The van der Waals surface area contributed by atoms with Gasteiger partial charge >= 0.3 is 0 Å². The highest BCUT2D eigenvalue weighted by Gasteiger charge is 2.22. The number of aliphatic hydroxyl groups excluding tert-OH is 1. The largest absolute Gasteiger partial charge is 0.409 e. The predicted octanol–water partition coefficient (Wildman–Crippen LogP) is 1.01. The normalized spacial score (nSPS) is 22.4. The van der Waals surface area contributed by atoms with Gasteiger partial charge in [0.15, 0.2) is 6.67 Å². The van der Waals surface area contributed by atoms with Gasteiger partial charge in [-0.05, 0) is 37.2 Å². The van der Waals surface area contributed by atoms with Crippen LogP contribution in [0.5, 0.6) is 0 Å². The molecular formula is C14H17FN3O2S+. The third-order valence-electron chi connectivity index (χ3n) is 3.68. The second kappa shape index (κ2) is 6.05. The third-order valence-corrected chi connectivity index (χ3v) is 3.97. The van der Waals surface area contributed by atoms with Crippen LogP contribution in [0.1, 0.15) is 12.8 Å². The van der Waals surface area contributed by atoms with E-state index in [0.29, 0.717) is 18.8 Å². The second-order valence-corrected chi connectivity index (χ2v) is 5.66. The van der Waals surface area contributed by atoms with Gasteiger partial charge in [-0.15, -0.1) is 5.10 Å². The van der Waals surface area contributed by atoms with Crippen LogP contribution in [-0.4, -0.2) is 34.1 Å². The molecule has 0 amide bonds. The Morgan fingerprint density at radius 2 is 2.29 bits per heavy atom. The first kappa shape index (κ1) is 14.4. The van der Waals surface area contributed by atoms with Crippen molar-refractivity contribution in [3.05, 3.63) is 34.9 Å². The number of halogens is 1. The number of hydrogen-bond acceptors (Lipinski definition) is 4. The standard InChI is InChI=1S/C14H16FN3O2S/c15-12-6-2-1-5-11(12)13-16-18(14(21)20-13)9-17-7-3-4-10(19)8-17/h1-2,5-6,10,19H,3-4,7-9H2/p+1/t10-/m1/s1. The van der Waals surface area contributed by atoms with Crippen molar-refractivity contribution < 1.29 is 18.8 Å². The summed E-state index contributed by atoms with van der Waals surface area (Å²) in [5.41, 5.74) is 0.302. The molecule has 0 aliphatic carbocycles. The molecular weight excluding hydrogens is 293 g/mol. The van der Waals surface area contributed by atoms with Crippen molar-refractivity contribution in [2.24, 2.45) is 0 Å². The Morgan fingerprint density at radius 1 is 1.48 bits per heavy atom. The number of rotatable bonds is 3. The molecule has 1 aliphatic rings. The maximum atomic E-state index is 13.7. The zero-order valence-electron chi connectivity index (χ0n) is 11.5. The summed E-state index contributed by atoms with van der Waals surface area (Å²) in [6.07, 6.45) is 1.54. The SMILES string of the molecule is O[C@@H]1CCC[NH+](Cn2nc(-c3ccccc3F)oc2=S)C1. The lowest BCUT2D eigenvalue weighted by molar-refractivity contribution is -0.931. The molecule has 21 heavy (non-hydrogen) atoms. The van der Waals surface area contributed by atoms with Crippen LogP contribution in [0.2, 0.25) is 0 Å². The highest BCUT2D eigenvalue weighted by molar-refractivity contribution is 7.71. The van der Waals surface area contributed by atoms with E-state index in [-0.39, 0.29) is 22.6 Å². The molecule has 0 radical (unpaired) electrons. The van der Waals surface area contributed by atoms with E-state index >= 15 is 0 Å². The third kappa shape index (κ3) is 3.20. The molecule has 2 N–H and O–H groups in total. The van der Waals surface area contributed by atoms with E-state index in [1.165, 1.54) is 11.0 Å². The van der Waals surface area contributed by atoms with Crippen LogP contribution in [0.15, 0.2) is 28.7 Å². The summed E-state index contributed by atoms with van der Waals surface area (Å²) >= 11 is 5.15. The zero-order chi connectivity index (χ0) is 14.8. The Morgan fingerprint density at radius 3 is 3.05 bits per heavy atom. The van der Waals surface area contributed by atoms with Crippen molar-refractivity contribution in [1.29, 1.82) is 0 Å². The Hall–Kier alpha value is -1.57. The number of hydrogen-bond donors (Lipinski definition) is 2. The Balaban J connectivity index is 1.82.